The number of rotatable bonds is 5. The van der Waals surface area contributed by atoms with Crippen molar-refractivity contribution in [1.29, 1.82) is 0 Å². The number of carbonyl (C=O) groups excluding carboxylic acids is 2. The summed E-state index contributed by atoms with van der Waals surface area (Å²) in [6, 6.07) is 14.2. The van der Waals surface area contributed by atoms with Crippen molar-refractivity contribution in [3.05, 3.63) is 70.5 Å². The van der Waals surface area contributed by atoms with E-state index in [0.29, 0.717) is 11.4 Å². The second kappa shape index (κ2) is 8.91. The van der Waals surface area contributed by atoms with E-state index in [1.54, 1.807) is 30.3 Å². The van der Waals surface area contributed by atoms with Gasteiger partial charge in [0.2, 0.25) is 11.8 Å². The summed E-state index contributed by atoms with van der Waals surface area (Å²) in [4.78, 5) is 36.2. The lowest BCUT2D eigenvalue weighted by Gasteiger charge is -2.14. The van der Waals surface area contributed by atoms with Gasteiger partial charge in [0.05, 0.1) is 18.5 Å². The zero-order valence-corrected chi connectivity index (χ0v) is 16.6. The summed E-state index contributed by atoms with van der Waals surface area (Å²) >= 11 is 0. The molecule has 0 aliphatic heterocycles. The van der Waals surface area contributed by atoms with Gasteiger partial charge in [-0.2, -0.15) is 5.11 Å². The zero-order chi connectivity index (χ0) is 22.5. The predicted molar refractivity (Wildman–Crippen MR) is 112 cm³/mol. The first-order chi connectivity index (χ1) is 14.8. The van der Waals surface area contributed by atoms with Gasteiger partial charge in [0, 0.05) is 12.6 Å². The van der Waals surface area contributed by atoms with Crippen molar-refractivity contribution in [3.8, 4) is 17.3 Å². The molecule has 3 N–H and O–H groups in total. The number of ether oxygens (including phenoxy) is 1. The zero-order valence-electron chi connectivity index (χ0n) is 16.6. The minimum atomic E-state index is -1.06. The van der Waals surface area contributed by atoms with Crippen molar-refractivity contribution in [2.75, 3.05) is 12.4 Å². The molecule has 10 heteroatoms. The summed E-state index contributed by atoms with van der Waals surface area (Å²) in [5, 5.41) is 31.3. The van der Waals surface area contributed by atoms with Crippen LogP contribution in [0.2, 0.25) is 0 Å². The van der Waals surface area contributed by atoms with Crippen LogP contribution in [0.1, 0.15) is 17.3 Å². The van der Waals surface area contributed by atoms with E-state index in [-0.39, 0.29) is 11.6 Å². The van der Waals surface area contributed by atoms with Crippen molar-refractivity contribution in [2.24, 2.45) is 10.2 Å². The van der Waals surface area contributed by atoms with Gasteiger partial charge in [-0.1, -0.05) is 18.2 Å². The van der Waals surface area contributed by atoms with Gasteiger partial charge in [-0.05, 0) is 36.4 Å². The Labute approximate surface area is 176 Å². The molecule has 1 amide bonds. The highest BCUT2D eigenvalue weighted by Gasteiger charge is 2.27. The Morgan fingerprint density at radius 2 is 1.65 bits per heavy atom. The Morgan fingerprint density at radius 3 is 2.23 bits per heavy atom. The van der Waals surface area contributed by atoms with Crippen molar-refractivity contribution < 1.29 is 24.5 Å². The molecule has 0 fully saturated rings. The molecule has 0 saturated heterocycles. The molecule has 1 aromatic heterocycles. The topological polar surface area (TPSA) is 143 Å². The van der Waals surface area contributed by atoms with E-state index in [4.69, 9.17) is 0 Å². The van der Waals surface area contributed by atoms with Crippen LogP contribution in [0.25, 0.3) is 5.69 Å². The van der Waals surface area contributed by atoms with Gasteiger partial charge in [0.15, 0.2) is 17.0 Å². The summed E-state index contributed by atoms with van der Waals surface area (Å²) in [5.74, 6) is -2.95. The number of esters is 1. The van der Waals surface area contributed by atoms with Gasteiger partial charge in [0.25, 0.3) is 5.56 Å². The maximum absolute atomic E-state index is 13.0. The summed E-state index contributed by atoms with van der Waals surface area (Å²) in [7, 11) is 1.07. The Kier molecular flexibility index (Phi) is 6.10. The van der Waals surface area contributed by atoms with Crippen molar-refractivity contribution in [1.82, 2.24) is 4.57 Å². The molecule has 0 unspecified atom stereocenters. The molecule has 31 heavy (non-hydrogen) atoms. The van der Waals surface area contributed by atoms with E-state index >= 15 is 0 Å². The van der Waals surface area contributed by atoms with Gasteiger partial charge < -0.3 is 20.3 Å². The smallest absolute Gasteiger partial charge is 0.347 e. The molecular formula is C21H18N4O6. The number of carbonyl (C=O) groups is 2. The van der Waals surface area contributed by atoms with Crippen LogP contribution in [0.3, 0.4) is 0 Å². The molecule has 0 spiro atoms. The number of benzene rings is 2. The molecule has 0 atom stereocenters. The average molecular weight is 422 g/mol. The second-order valence-electron chi connectivity index (χ2n) is 6.29. The predicted octanol–water partition coefficient (Wildman–Crippen LogP) is 3.41. The fourth-order valence-corrected chi connectivity index (χ4v) is 2.76. The number of amides is 1. The molecule has 1 heterocycles. The number of nitrogens with zero attached hydrogens (tertiary/aromatic N) is 3. The third-order valence-corrected chi connectivity index (χ3v) is 4.16. The normalized spacial score (nSPS) is 10.8. The number of azo groups is 1. The summed E-state index contributed by atoms with van der Waals surface area (Å²) in [6.45, 7) is 1.37. The van der Waals surface area contributed by atoms with Crippen LogP contribution in [0.15, 0.2) is 69.6 Å². The molecule has 0 saturated carbocycles. The van der Waals surface area contributed by atoms with Gasteiger partial charge in [-0.15, -0.1) is 5.11 Å². The number of methoxy groups -OCH3 is 1. The van der Waals surface area contributed by atoms with E-state index in [1.165, 1.54) is 31.2 Å². The number of nitrogens with one attached hydrogen (secondary N) is 1. The van der Waals surface area contributed by atoms with E-state index in [0.717, 1.165) is 11.7 Å². The first-order valence-electron chi connectivity index (χ1n) is 8.97. The van der Waals surface area contributed by atoms with Crippen LogP contribution in [0.4, 0.5) is 17.1 Å². The number of para-hydroxylation sites is 1. The lowest BCUT2D eigenvalue weighted by atomic mass is 10.2. The van der Waals surface area contributed by atoms with Crippen LogP contribution in [0.5, 0.6) is 11.6 Å². The highest BCUT2D eigenvalue weighted by atomic mass is 16.5. The average Bonchev–Trinajstić information content (AvgIpc) is 2.75. The van der Waals surface area contributed by atoms with Gasteiger partial charge >= 0.3 is 5.97 Å². The summed E-state index contributed by atoms with van der Waals surface area (Å²) in [5.41, 5.74) is -0.988. The summed E-state index contributed by atoms with van der Waals surface area (Å²) < 4.78 is 5.43. The molecule has 0 aliphatic rings. The molecule has 2 aromatic carbocycles. The number of hydrogen-bond acceptors (Lipinski definition) is 8. The van der Waals surface area contributed by atoms with Crippen LogP contribution in [-0.4, -0.2) is 33.8 Å². The largest absolute Gasteiger partial charge is 0.504 e. The molecule has 3 rings (SSSR count). The fourth-order valence-electron chi connectivity index (χ4n) is 2.76. The van der Waals surface area contributed by atoms with E-state index in [2.05, 4.69) is 20.3 Å². The van der Waals surface area contributed by atoms with Crippen molar-refractivity contribution >= 4 is 28.9 Å². The lowest BCUT2D eigenvalue weighted by molar-refractivity contribution is -0.114. The second-order valence-corrected chi connectivity index (χ2v) is 6.29. The number of hydrogen-bond donors (Lipinski definition) is 3. The molecule has 158 valence electrons. The van der Waals surface area contributed by atoms with Gasteiger partial charge in [-0.25, -0.2) is 9.36 Å². The summed E-state index contributed by atoms with van der Waals surface area (Å²) in [6.07, 6.45) is 0. The SMILES string of the molecule is COC(=O)c1c(O)c(N=Nc2ccc(NC(C)=O)cc2)c(=O)n(-c2ccccc2)c1O. The maximum Gasteiger partial charge on any atom is 0.347 e. The lowest BCUT2D eigenvalue weighted by Crippen LogP contribution is -2.21. The Balaban J connectivity index is 2.13. The number of aromatic hydroxyl groups is 2. The number of pyridine rings is 1. The molecular weight excluding hydrogens is 404 g/mol. The molecule has 10 nitrogen and oxygen atoms in total. The Morgan fingerprint density at radius 1 is 1.00 bits per heavy atom. The van der Waals surface area contributed by atoms with E-state index < -0.39 is 34.4 Å². The third-order valence-electron chi connectivity index (χ3n) is 4.16. The van der Waals surface area contributed by atoms with Crippen LogP contribution < -0.4 is 10.9 Å². The number of anilines is 1. The first kappa shape index (κ1) is 21.2. The highest BCUT2D eigenvalue weighted by Crippen LogP contribution is 2.35. The molecule has 0 radical (unpaired) electrons. The van der Waals surface area contributed by atoms with E-state index in [1.807, 2.05) is 0 Å². The van der Waals surface area contributed by atoms with Crippen LogP contribution >= 0.6 is 0 Å². The maximum atomic E-state index is 13.0. The fraction of sp³-hybridized carbons (Fsp3) is 0.0952. The third kappa shape index (κ3) is 4.42. The Bertz CT molecular complexity index is 1220. The van der Waals surface area contributed by atoms with Crippen molar-refractivity contribution in [2.45, 2.75) is 6.92 Å². The minimum Gasteiger partial charge on any atom is -0.504 e. The minimum absolute atomic E-state index is 0.236. The molecule has 0 bridgehead atoms. The standard InChI is InChI=1S/C21H18N4O6/c1-12(26)22-13-8-10-14(11-9-13)23-24-17-18(27)16(21(30)31-2)19(28)25(20(17)29)15-6-4-3-5-7-15/h3-11,27-28H,1-2H3,(H,22,26). The van der Waals surface area contributed by atoms with Crippen LogP contribution in [-0.2, 0) is 9.53 Å². The molecule has 3 aromatic rings. The first-order valence-corrected chi connectivity index (χ1v) is 8.97. The monoisotopic (exact) mass is 422 g/mol. The van der Waals surface area contributed by atoms with E-state index in [9.17, 15) is 24.6 Å². The van der Waals surface area contributed by atoms with Gasteiger partial charge in [-0.3, -0.25) is 9.59 Å². The quantitative estimate of drug-likeness (QED) is 0.425. The number of aromatic nitrogens is 1. The van der Waals surface area contributed by atoms with Gasteiger partial charge in [0.1, 0.15) is 0 Å². The van der Waals surface area contributed by atoms with Crippen LogP contribution in [0, 0.1) is 0 Å². The highest BCUT2D eigenvalue weighted by molar-refractivity contribution is 5.96. The van der Waals surface area contributed by atoms with Crippen molar-refractivity contribution in [3.63, 3.8) is 0 Å². The molecule has 0 aliphatic carbocycles. The Hall–Kier alpha value is -4.47.